The van der Waals surface area contributed by atoms with Crippen molar-refractivity contribution in [1.82, 2.24) is 15.0 Å². The minimum atomic E-state index is -0.190. The summed E-state index contributed by atoms with van der Waals surface area (Å²) >= 11 is 0. The molecule has 2 aromatic rings. The van der Waals surface area contributed by atoms with Crippen LogP contribution in [0.15, 0.2) is 22.7 Å². The predicted octanol–water partition coefficient (Wildman–Crippen LogP) is 2.01. The van der Waals surface area contributed by atoms with E-state index in [0.29, 0.717) is 31.5 Å². The van der Waals surface area contributed by atoms with E-state index in [1.165, 1.54) is 0 Å². The topological polar surface area (TPSA) is 80.5 Å². The third kappa shape index (κ3) is 3.98. The Morgan fingerprint density at radius 3 is 2.71 bits per heavy atom. The van der Waals surface area contributed by atoms with Crippen molar-refractivity contribution in [3.05, 3.63) is 41.0 Å². The summed E-state index contributed by atoms with van der Waals surface area (Å²) in [5, 5.41) is 6.78. The minimum Gasteiger partial charge on any atom is -0.378 e. The molecule has 1 atom stereocenters. The fourth-order valence-electron chi connectivity index (χ4n) is 2.94. The smallest absolute Gasteiger partial charge is 0.246 e. The second kappa shape index (κ2) is 7.11. The van der Waals surface area contributed by atoms with Gasteiger partial charge in [-0.3, -0.25) is 9.69 Å². The molecule has 7 nitrogen and oxygen atoms in total. The zero-order chi connectivity index (χ0) is 17.1. The number of hydrogen-bond donors (Lipinski definition) is 1. The van der Waals surface area contributed by atoms with Crippen LogP contribution in [0.2, 0.25) is 0 Å². The zero-order valence-electron chi connectivity index (χ0n) is 14.2. The van der Waals surface area contributed by atoms with E-state index >= 15 is 0 Å². The Morgan fingerprint density at radius 1 is 1.29 bits per heavy atom. The van der Waals surface area contributed by atoms with E-state index in [2.05, 4.69) is 21.5 Å². The van der Waals surface area contributed by atoms with E-state index in [4.69, 9.17) is 9.26 Å². The number of anilines is 1. The van der Waals surface area contributed by atoms with Crippen LogP contribution < -0.4 is 5.32 Å². The third-order valence-corrected chi connectivity index (χ3v) is 3.92. The highest BCUT2D eigenvalue weighted by molar-refractivity contribution is 5.92. The molecule has 3 rings (SSSR count). The van der Waals surface area contributed by atoms with Crippen molar-refractivity contribution >= 4 is 11.6 Å². The van der Waals surface area contributed by atoms with Gasteiger partial charge in [0.05, 0.1) is 19.8 Å². The number of hydrogen-bond acceptors (Lipinski definition) is 6. The van der Waals surface area contributed by atoms with Crippen LogP contribution in [0.4, 0.5) is 5.69 Å². The molecule has 0 bridgehead atoms. The van der Waals surface area contributed by atoms with Gasteiger partial charge in [0.15, 0.2) is 5.82 Å². The molecule has 0 aliphatic carbocycles. The molecule has 2 heterocycles. The van der Waals surface area contributed by atoms with Crippen molar-refractivity contribution in [1.29, 1.82) is 0 Å². The van der Waals surface area contributed by atoms with Crippen LogP contribution in [0.3, 0.4) is 0 Å². The summed E-state index contributed by atoms with van der Waals surface area (Å²) in [6.45, 7) is 7.72. The van der Waals surface area contributed by atoms with E-state index < -0.39 is 0 Å². The summed E-state index contributed by atoms with van der Waals surface area (Å²) in [4.78, 5) is 18.7. The SMILES string of the molecule is Cc1cc(C)cc(NC(=O)CN2CCOCC2c2nc(C)no2)c1. The van der Waals surface area contributed by atoms with Crippen LogP contribution in [-0.4, -0.2) is 47.3 Å². The number of rotatable bonds is 4. The molecule has 1 aromatic heterocycles. The Balaban J connectivity index is 1.67. The van der Waals surface area contributed by atoms with Crippen LogP contribution in [0, 0.1) is 20.8 Å². The van der Waals surface area contributed by atoms with E-state index in [1.54, 1.807) is 6.92 Å². The highest BCUT2D eigenvalue weighted by Gasteiger charge is 2.30. The Kier molecular flexibility index (Phi) is 4.92. The number of nitrogens with one attached hydrogen (secondary N) is 1. The summed E-state index contributed by atoms with van der Waals surface area (Å²) in [5.74, 6) is 1.00. The number of nitrogens with zero attached hydrogens (tertiary/aromatic N) is 3. The van der Waals surface area contributed by atoms with Gasteiger partial charge >= 0.3 is 0 Å². The van der Waals surface area contributed by atoms with Crippen LogP contribution >= 0.6 is 0 Å². The number of morpholine rings is 1. The third-order valence-electron chi connectivity index (χ3n) is 3.92. The molecule has 1 aromatic carbocycles. The maximum absolute atomic E-state index is 12.4. The number of carbonyl (C=O) groups is 1. The summed E-state index contributed by atoms with van der Waals surface area (Å²) in [7, 11) is 0. The van der Waals surface area contributed by atoms with Gasteiger partial charge in [0.1, 0.15) is 6.04 Å². The average Bonchev–Trinajstić information content (AvgIpc) is 2.93. The quantitative estimate of drug-likeness (QED) is 0.923. The fourth-order valence-corrected chi connectivity index (χ4v) is 2.94. The lowest BCUT2D eigenvalue weighted by Crippen LogP contribution is -2.43. The van der Waals surface area contributed by atoms with E-state index in [9.17, 15) is 4.79 Å². The molecule has 128 valence electrons. The van der Waals surface area contributed by atoms with Crippen molar-refractivity contribution < 1.29 is 14.1 Å². The molecule has 7 heteroatoms. The van der Waals surface area contributed by atoms with Crippen LogP contribution in [0.1, 0.15) is 28.9 Å². The molecule has 0 radical (unpaired) electrons. The minimum absolute atomic E-state index is 0.0665. The number of carbonyl (C=O) groups excluding carboxylic acids is 1. The van der Waals surface area contributed by atoms with Crippen molar-refractivity contribution in [2.24, 2.45) is 0 Å². The lowest BCUT2D eigenvalue weighted by molar-refractivity contribution is -0.120. The molecule has 1 N–H and O–H groups in total. The van der Waals surface area contributed by atoms with E-state index in [-0.39, 0.29) is 18.5 Å². The lowest BCUT2D eigenvalue weighted by Gasteiger charge is -2.32. The number of aromatic nitrogens is 2. The summed E-state index contributed by atoms with van der Waals surface area (Å²) < 4.78 is 10.8. The van der Waals surface area contributed by atoms with Crippen molar-refractivity contribution in [2.75, 3.05) is 31.6 Å². The van der Waals surface area contributed by atoms with Gasteiger partial charge in [-0.05, 0) is 44.0 Å². The largest absolute Gasteiger partial charge is 0.378 e. The van der Waals surface area contributed by atoms with Gasteiger partial charge in [0.25, 0.3) is 0 Å². The highest BCUT2D eigenvalue weighted by Crippen LogP contribution is 2.22. The second-order valence-corrected chi connectivity index (χ2v) is 6.17. The van der Waals surface area contributed by atoms with Gasteiger partial charge in [-0.25, -0.2) is 0 Å². The van der Waals surface area contributed by atoms with Crippen LogP contribution in [0.5, 0.6) is 0 Å². The maximum Gasteiger partial charge on any atom is 0.246 e. The van der Waals surface area contributed by atoms with Gasteiger partial charge in [-0.15, -0.1) is 0 Å². The second-order valence-electron chi connectivity index (χ2n) is 6.17. The van der Waals surface area contributed by atoms with Gasteiger partial charge < -0.3 is 14.6 Å². The summed E-state index contributed by atoms with van der Waals surface area (Å²) in [6.07, 6.45) is 0. The number of aryl methyl sites for hydroxylation is 3. The predicted molar refractivity (Wildman–Crippen MR) is 88.7 cm³/mol. The van der Waals surface area contributed by atoms with Gasteiger partial charge in [-0.2, -0.15) is 4.98 Å². The van der Waals surface area contributed by atoms with Gasteiger partial charge in [0.2, 0.25) is 11.8 Å². The normalized spacial score (nSPS) is 18.5. The molecule has 24 heavy (non-hydrogen) atoms. The van der Waals surface area contributed by atoms with Crippen molar-refractivity contribution in [3.8, 4) is 0 Å². The first-order valence-corrected chi connectivity index (χ1v) is 8.01. The Bertz CT molecular complexity index is 708. The first kappa shape index (κ1) is 16.6. The molecular weight excluding hydrogens is 308 g/mol. The molecule has 1 aliphatic rings. The number of ether oxygens (including phenoxy) is 1. The molecule has 1 amide bonds. The monoisotopic (exact) mass is 330 g/mol. The molecule has 0 spiro atoms. The van der Waals surface area contributed by atoms with Crippen LogP contribution in [-0.2, 0) is 9.53 Å². The molecule has 0 saturated carbocycles. The Hall–Kier alpha value is -2.25. The number of benzene rings is 1. The van der Waals surface area contributed by atoms with Crippen molar-refractivity contribution in [2.45, 2.75) is 26.8 Å². The first-order valence-electron chi connectivity index (χ1n) is 8.01. The highest BCUT2D eigenvalue weighted by atomic mass is 16.5. The van der Waals surface area contributed by atoms with Gasteiger partial charge in [-0.1, -0.05) is 11.2 Å². The Labute approximate surface area is 141 Å². The molecule has 1 aliphatic heterocycles. The fraction of sp³-hybridized carbons (Fsp3) is 0.471. The average molecular weight is 330 g/mol. The molecule has 1 saturated heterocycles. The summed E-state index contributed by atoms with van der Waals surface area (Å²) in [6, 6.07) is 5.81. The zero-order valence-corrected chi connectivity index (χ0v) is 14.2. The van der Waals surface area contributed by atoms with E-state index in [1.807, 2.05) is 30.9 Å². The first-order chi connectivity index (χ1) is 11.5. The lowest BCUT2D eigenvalue weighted by atomic mass is 10.1. The van der Waals surface area contributed by atoms with Gasteiger partial charge in [0, 0.05) is 12.2 Å². The number of amides is 1. The molecule has 1 fully saturated rings. The van der Waals surface area contributed by atoms with Crippen molar-refractivity contribution in [3.63, 3.8) is 0 Å². The standard InChI is InChI=1S/C17H22N4O3/c1-11-6-12(2)8-14(7-11)19-16(22)9-21-4-5-23-10-15(21)17-18-13(3)20-24-17/h6-8,15H,4-5,9-10H2,1-3H3,(H,19,22). The summed E-state index contributed by atoms with van der Waals surface area (Å²) in [5.41, 5.74) is 3.06. The molecule has 1 unspecified atom stereocenters. The van der Waals surface area contributed by atoms with E-state index in [0.717, 1.165) is 16.8 Å². The van der Waals surface area contributed by atoms with Crippen LogP contribution in [0.25, 0.3) is 0 Å². The maximum atomic E-state index is 12.4. The Morgan fingerprint density at radius 2 is 2.04 bits per heavy atom. The molecular formula is C17H22N4O3.